The molecule has 2 aromatic rings. The molecule has 2 aromatic heterocycles. The minimum absolute atomic E-state index is 0.517. The molecule has 128 valence electrons. The first-order valence-electron chi connectivity index (χ1n) is 9.53. The Labute approximate surface area is 143 Å². The minimum Gasteiger partial charge on any atom is -0.352 e. The molecule has 0 saturated heterocycles. The van der Waals surface area contributed by atoms with Gasteiger partial charge in [0.2, 0.25) is 5.95 Å². The van der Waals surface area contributed by atoms with Gasteiger partial charge in [-0.2, -0.15) is 0 Å². The van der Waals surface area contributed by atoms with Crippen molar-refractivity contribution in [2.75, 3.05) is 5.32 Å². The van der Waals surface area contributed by atoms with E-state index in [1.54, 1.807) is 0 Å². The molecule has 2 saturated carbocycles. The average molecular weight is 325 g/mol. The van der Waals surface area contributed by atoms with Crippen LogP contribution in [-0.2, 0) is 0 Å². The van der Waals surface area contributed by atoms with Crippen LogP contribution in [0, 0.1) is 0 Å². The number of nitrogens with zero attached hydrogens (tertiary/aromatic N) is 4. The molecule has 0 spiro atoms. The van der Waals surface area contributed by atoms with Gasteiger partial charge in [0.1, 0.15) is 0 Å². The Kier molecular flexibility index (Phi) is 4.76. The van der Waals surface area contributed by atoms with Crippen molar-refractivity contribution in [2.24, 2.45) is 0 Å². The monoisotopic (exact) mass is 325 g/mol. The van der Waals surface area contributed by atoms with Gasteiger partial charge in [-0.25, -0.2) is 0 Å². The predicted molar refractivity (Wildman–Crippen MR) is 95.9 cm³/mol. The molecular formula is C19H27N5. The molecule has 5 nitrogen and oxygen atoms in total. The zero-order valence-corrected chi connectivity index (χ0v) is 14.3. The Morgan fingerprint density at radius 2 is 1.50 bits per heavy atom. The molecule has 4 rings (SSSR count). The molecule has 0 aliphatic heterocycles. The van der Waals surface area contributed by atoms with Gasteiger partial charge in [-0.3, -0.25) is 9.55 Å². The first-order valence-corrected chi connectivity index (χ1v) is 9.53. The number of hydrogen-bond acceptors (Lipinski definition) is 4. The summed E-state index contributed by atoms with van der Waals surface area (Å²) in [7, 11) is 0. The van der Waals surface area contributed by atoms with Crippen LogP contribution in [0.5, 0.6) is 0 Å². The Hall–Kier alpha value is -1.91. The summed E-state index contributed by atoms with van der Waals surface area (Å²) in [4.78, 5) is 4.14. The molecule has 0 amide bonds. The summed E-state index contributed by atoms with van der Waals surface area (Å²) in [6, 6.07) is 5.14. The maximum Gasteiger partial charge on any atom is 0.225 e. The van der Waals surface area contributed by atoms with E-state index >= 15 is 0 Å². The molecule has 5 heteroatoms. The lowest BCUT2D eigenvalue weighted by Crippen LogP contribution is -2.26. The lowest BCUT2D eigenvalue weighted by Gasteiger charge is -2.28. The van der Waals surface area contributed by atoms with Gasteiger partial charge in [-0.15, -0.1) is 10.2 Å². The number of aromatic nitrogens is 4. The maximum atomic E-state index is 4.55. The summed E-state index contributed by atoms with van der Waals surface area (Å²) in [5.74, 6) is 1.96. The third kappa shape index (κ3) is 3.30. The van der Waals surface area contributed by atoms with Gasteiger partial charge in [0.05, 0.1) is 0 Å². The average Bonchev–Trinajstić information content (AvgIpc) is 3.07. The van der Waals surface area contributed by atoms with Crippen molar-refractivity contribution in [3.8, 4) is 11.4 Å². The predicted octanol–water partition coefficient (Wildman–Crippen LogP) is 4.59. The van der Waals surface area contributed by atoms with Gasteiger partial charge in [0, 0.05) is 30.0 Å². The van der Waals surface area contributed by atoms with E-state index in [4.69, 9.17) is 0 Å². The molecule has 0 aromatic carbocycles. The Morgan fingerprint density at radius 3 is 2.21 bits per heavy atom. The Morgan fingerprint density at radius 1 is 0.833 bits per heavy atom. The molecule has 0 atom stereocenters. The SMILES string of the molecule is c1cc(-c2nnc(NC3CCCCC3)n2C2CCCCC2)ccn1. The normalized spacial score (nSPS) is 20.2. The number of pyridine rings is 1. The van der Waals surface area contributed by atoms with Gasteiger partial charge in [0.15, 0.2) is 5.82 Å². The van der Waals surface area contributed by atoms with Crippen molar-refractivity contribution in [1.82, 2.24) is 19.7 Å². The maximum absolute atomic E-state index is 4.55. The van der Waals surface area contributed by atoms with Crippen LogP contribution in [0.4, 0.5) is 5.95 Å². The van der Waals surface area contributed by atoms with E-state index in [2.05, 4.69) is 25.1 Å². The lowest BCUT2D eigenvalue weighted by molar-refractivity contribution is 0.355. The zero-order chi connectivity index (χ0) is 16.2. The second-order valence-electron chi connectivity index (χ2n) is 7.22. The number of rotatable bonds is 4. The van der Waals surface area contributed by atoms with E-state index in [1.165, 1.54) is 64.2 Å². The molecule has 0 bridgehead atoms. The van der Waals surface area contributed by atoms with Crippen LogP contribution in [0.25, 0.3) is 11.4 Å². The highest BCUT2D eigenvalue weighted by molar-refractivity contribution is 5.57. The highest BCUT2D eigenvalue weighted by Gasteiger charge is 2.25. The van der Waals surface area contributed by atoms with Crippen molar-refractivity contribution in [2.45, 2.75) is 76.3 Å². The largest absolute Gasteiger partial charge is 0.352 e. The molecule has 0 radical (unpaired) electrons. The number of hydrogen-bond donors (Lipinski definition) is 1. The summed E-state index contributed by atoms with van der Waals surface area (Å²) in [5, 5.41) is 12.8. The number of anilines is 1. The summed E-state index contributed by atoms with van der Waals surface area (Å²) < 4.78 is 2.38. The van der Waals surface area contributed by atoms with Gasteiger partial charge in [-0.1, -0.05) is 38.5 Å². The van der Waals surface area contributed by atoms with Crippen LogP contribution < -0.4 is 5.32 Å². The van der Waals surface area contributed by atoms with E-state index in [-0.39, 0.29) is 0 Å². The van der Waals surface area contributed by atoms with Gasteiger partial charge >= 0.3 is 0 Å². The summed E-state index contributed by atoms with van der Waals surface area (Å²) in [6.45, 7) is 0. The molecule has 0 unspecified atom stereocenters. The fourth-order valence-electron chi connectivity index (χ4n) is 4.20. The highest BCUT2D eigenvalue weighted by atomic mass is 15.4. The van der Waals surface area contributed by atoms with E-state index in [0.29, 0.717) is 12.1 Å². The second-order valence-corrected chi connectivity index (χ2v) is 7.22. The van der Waals surface area contributed by atoms with Gasteiger partial charge in [0.25, 0.3) is 0 Å². The molecule has 1 N–H and O–H groups in total. The van der Waals surface area contributed by atoms with Crippen LogP contribution in [-0.4, -0.2) is 25.8 Å². The second kappa shape index (κ2) is 7.32. The minimum atomic E-state index is 0.517. The van der Waals surface area contributed by atoms with E-state index in [0.717, 1.165) is 17.3 Å². The standard InChI is InChI=1S/C19H27N5/c1-3-7-16(8-4-1)21-19-23-22-18(15-11-13-20-14-12-15)24(19)17-9-5-2-6-10-17/h11-14,16-17H,1-10H2,(H,21,23). The lowest BCUT2D eigenvalue weighted by atomic mass is 9.94. The highest BCUT2D eigenvalue weighted by Crippen LogP contribution is 2.35. The third-order valence-corrected chi connectivity index (χ3v) is 5.51. The summed E-state index contributed by atoms with van der Waals surface area (Å²) in [5.41, 5.74) is 1.11. The van der Waals surface area contributed by atoms with Crippen molar-refractivity contribution >= 4 is 5.95 Å². The van der Waals surface area contributed by atoms with Gasteiger partial charge < -0.3 is 5.32 Å². The number of nitrogens with one attached hydrogen (secondary N) is 1. The van der Waals surface area contributed by atoms with Crippen molar-refractivity contribution in [1.29, 1.82) is 0 Å². The van der Waals surface area contributed by atoms with Crippen molar-refractivity contribution in [3.05, 3.63) is 24.5 Å². The summed E-state index contributed by atoms with van der Waals surface area (Å²) in [6.07, 6.45) is 16.6. The van der Waals surface area contributed by atoms with Crippen LogP contribution >= 0.6 is 0 Å². The van der Waals surface area contributed by atoms with Crippen molar-refractivity contribution in [3.63, 3.8) is 0 Å². The third-order valence-electron chi connectivity index (χ3n) is 5.51. The molecule has 24 heavy (non-hydrogen) atoms. The first kappa shape index (κ1) is 15.6. The molecule has 2 aliphatic carbocycles. The molecule has 2 heterocycles. The quantitative estimate of drug-likeness (QED) is 0.893. The van der Waals surface area contributed by atoms with Crippen molar-refractivity contribution < 1.29 is 0 Å². The van der Waals surface area contributed by atoms with E-state index in [9.17, 15) is 0 Å². The van der Waals surface area contributed by atoms with Crippen LogP contribution in [0.15, 0.2) is 24.5 Å². The molecular weight excluding hydrogens is 298 g/mol. The van der Waals surface area contributed by atoms with Gasteiger partial charge in [-0.05, 0) is 37.8 Å². The first-order chi connectivity index (χ1) is 11.9. The fraction of sp³-hybridized carbons (Fsp3) is 0.632. The van der Waals surface area contributed by atoms with E-state index in [1.807, 2.05) is 24.5 Å². The fourth-order valence-corrected chi connectivity index (χ4v) is 4.20. The van der Waals surface area contributed by atoms with Crippen LogP contribution in [0.1, 0.15) is 70.3 Å². The van der Waals surface area contributed by atoms with Crippen LogP contribution in [0.3, 0.4) is 0 Å². The summed E-state index contributed by atoms with van der Waals surface area (Å²) >= 11 is 0. The molecule has 2 fully saturated rings. The Bertz CT molecular complexity index is 639. The van der Waals surface area contributed by atoms with E-state index < -0.39 is 0 Å². The Balaban J connectivity index is 1.66. The topological polar surface area (TPSA) is 55.6 Å². The zero-order valence-electron chi connectivity index (χ0n) is 14.3. The molecule has 2 aliphatic rings. The smallest absolute Gasteiger partial charge is 0.225 e. The van der Waals surface area contributed by atoms with Crippen LogP contribution in [0.2, 0.25) is 0 Å².